The Morgan fingerprint density at radius 3 is 1.24 bits per heavy atom. The largest absolute Gasteiger partial charge is 0.309 e. The van der Waals surface area contributed by atoms with E-state index in [1.807, 2.05) is 24.3 Å². The van der Waals surface area contributed by atoms with Crippen LogP contribution in [-0.4, -0.2) is 26.7 Å². The maximum Gasteiger partial charge on any atom is 0.208 e. The van der Waals surface area contributed by atoms with Gasteiger partial charge in [-0.05, 0) is 97.4 Å². The van der Waals surface area contributed by atoms with Crippen molar-refractivity contribution in [3.8, 4) is 28.8 Å². The summed E-state index contributed by atoms with van der Waals surface area (Å²) in [6, 6.07) is 76.5. The molecule has 330 valence electrons. The van der Waals surface area contributed by atoms with Crippen LogP contribution in [0, 0.1) is 18.3 Å². The van der Waals surface area contributed by atoms with E-state index in [2.05, 4.69) is 188 Å². The first-order chi connectivity index (χ1) is 34.4. The van der Waals surface area contributed by atoms with Crippen molar-refractivity contribution < 1.29 is 8.42 Å². The molecule has 4 heterocycles. The van der Waals surface area contributed by atoms with Crippen LogP contribution in [0.25, 0.3) is 110 Å². The van der Waals surface area contributed by atoms with E-state index in [9.17, 15) is 5.26 Å². The second-order valence-corrected chi connectivity index (χ2v) is 19.9. The molecule has 0 bridgehead atoms. The maximum atomic E-state index is 15.5. The van der Waals surface area contributed by atoms with Gasteiger partial charge in [-0.3, -0.25) is 0 Å². The highest BCUT2D eigenvalue weighted by Crippen LogP contribution is 2.45. The lowest BCUT2D eigenvalue weighted by atomic mass is 10.1. The number of benzene rings is 10. The van der Waals surface area contributed by atoms with Crippen molar-refractivity contribution in [2.45, 2.75) is 16.7 Å². The summed E-state index contributed by atoms with van der Waals surface area (Å²) < 4.78 is 40.1. The molecule has 14 aromatic rings. The zero-order valence-corrected chi connectivity index (χ0v) is 38.6. The highest BCUT2D eigenvalue weighted by Gasteiger charge is 2.28. The van der Waals surface area contributed by atoms with Crippen LogP contribution in [0.15, 0.2) is 228 Å². The van der Waals surface area contributed by atoms with E-state index in [-0.39, 0.29) is 15.4 Å². The summed E-state index contributed by atoms with van der Waals surface area (Å²) in [7, 11) is -4.30. The molecule has 70 heavy (non-hydrogen) atoms. The number of nitrogens with zero attached hydrogens (tertiary/aromatic N) is 5. The van der Waals surface area contributed by atoms with E-state index in [0.29, 0.717) is 16.9 Å². The fourth-order valence-electron chi connectivity index (χ4n) is 11.5. The molecule has 7 nitrogen and oxygen atoms in total. The van der Waals surface area contributed by atoms with Gasteiger partial charge < -0.3 is 18.3 Å². The maximum absolute atomic E-state index is 15.5. The fraction of sp³-hybridized carbons (Fsp3) is 0.0161. The van der Waals surface area contributed by atoms with Gasteiger partial charge in [0.1, 0.15) is 6.07 Å². The molecular formula is C62H39N5O2S. The first-order valence-corrected chi connectivity index (χ1v) is 24.8. The summed E-state index contributed by atoms with van der Waals surface area (Å²) in [4.78, 5) is 0.0924. The molecule has 0 aliphatic rings. The van der Waals surface area contributed by atoms with E-state index in [1.54, 1.807) is 37.3 Å². The monoisotopic (exact) mass is 917 g/mol. The van der Waals surface area contributed by atoms with Crippen molar-refractivity contribution in [2.24, 2.45) is 0 Å². The molecule has 8 heteroatoms. The molecule has 0 radical (unpaired) electrons. The van der Waals surface area contributed by atoms with Crippen LogP contribution in [0.2, 0.25) is 0 Å². The lowest BCUT2D eigenvalue weighted by molar-refractivity contribution is 0.595. The lowest BCUT2D eigenvalue weighted by Gasteiger charge is -2.17. The van der Waals surface area contributed by atoms with Crippen molar-refractivity contribution in [2.75, 3.05) is 0 Å². The number of aromatic nitrogens is 4. The summed E-state index contributed by atoms with van der Waals surface area (Å²) in [5, 5.41) is 19.1. The topological polar surface area (TPSA) is 77.7 Å². The summed E-state index contributed by atoms with van der Waals surface area (Å²) in [5.74, 6) is 0. The summed E-state index contributed by atoms with van der Waals surface area (Å²) in [5.41, 5.74) is 12.1. The SMILES string of the molecule is Cc1cccc(C#N)c1S(=O)(=O)c1cc(-n2c3ccccc3c3c2ccc2c4ccccc4n(-c4ccccc4)c23)cc(-n2c3ccccc3c3c2ccc2c4ccccc4n(-c4ccccc4)c23)c1. The van der Waals surface area contributed by atoms with Crippen molar-refractivity contribution in [3.05, 3.63) is 230 Å². The van der Waals surface area contributed by atoms with Gasteiger partial charge in [-0.2, -0.15) is 5.26 Å². The Hall–Kier alpha value is -9.16. The fourth-order valence-corrected chi connectivity index (χ4v) is 13.1. The molecule has 0 saturated carbocycles. The van der Waals surface area contributed by atoms with Gasteiger partial charge in [-0.1, -0.05) is 133 Å². The van der Waals surface area contributed by atoms with Crippen LogP contribution in [0.5, 0.6) is 0 Å². The Morgan fingerprint density at radius 1 is 0.371 bits per heavy atom. The van der Waals surface area contributed by atoms with Crippen LogP contribution in [0.4, 0.5) is 0 Å². The molecule has 0 fully saturated rings. The normalized spacial score (nSPS) is 12.2. The van der Waals surface area contributed by atoms with Crippen LogP contribution in [-0.2, 0) is 9.84 Å². The molecule has 0 aliphatic carbocycles. The van der Waals surface area contributed by atoms with Crippen molar-refractivity contribution in [3.63, 3.8) is 0 Å². The van der Waals surface area contributed by atoms with Gasteiger partial charge in [0, 0.05) is 65.8 Å². The molecule has 0 aliphatic heterocycles. The Balaban J connectivity index is 1.13. The Bertz CT molecular complexity index is 4430. The van der Waals surface area contributed by atoms with Gasteiger partial charge in [-0.25, -0.2) is 8.42 Å². The average molecular weight is 918 g/mol. The zero-order chi connectivity index (χ0) is 46.8. The highest BCUT2D eigenvalue weighted by atomic mass is 32.2. The second-order valence-electron chi connectivity index (χ2n) is 18.0. The predicted octanol–water partition coefficient (Wildman–Crippen LogP) is 15.1. The van der Waals surface area contributed by atoms with Gasteiger partial charge in [0.2, 0.25) is 9.84 Å². The molecule has 0 spiro atoms. The number of rotatable bonds is 6. The first-order valence-electron chi connectivity index (χ1n) is 23.3. The second kappa shape index (κ2) is 14.9. The minimum Gasteiger partial charge on any atom is -0.309 e. The van der Waals surface area contributed by atoms with Gasteiger partial charge in [0.05, 0.1) is 59.5 Å². The van der Waals surface area contributed by atoms with Crippen LogP contribution in [0.3, 0.4) is 0 Å². The third kappa shape index (κ3) is 5.52. The summed E-state index contributed by atoms with van der Waals surface area (Å²) in [6.07, 6.45) is 0. The van der Waals surface area contributed by atoms with Crippen LogP contribution >= 0.6 is 0 Å². The van der Waals surface area contributed by atoms with E-state index in [1.165, 1.54) is 0 Å². The Kier molecular flexibility index (Phi) is 8.52. The number of fused-ring (bicyclic) bond motifs is 14. The highest BCUT2D eigenvalue weighted by molar-refractivity contribution is 7.91. The molecule has 10 aromatic carbocycles. The number of nitriles is 1. The number of para-hydroxylation sites is 6. The lowest BCUT2D eigenvalue weighted by Crippen LogP contribution is -2.09. The molecule has 4 aromatic heterocycles. The molecular weight excluding hydrogens is 879 g/mol. The number of aryl methyl sites for hydroxylation is 1. The van der Waals surface area contributed by atoms with E-state index in [0.717, 1.165) is 98.6 Å². The van der Waals surface area contributed by atoms with Crippen molar-refractivity contribution in [1.82, 2.24) is 18.3 Å². The Morgan fingerprint density at radius 2 is 0.786 bits per heavy atom. The molecule has 0 unspecified atom stereocenters. The summed E-state index contributed by atoms with van der Waals surface area (Å²) in [6.45, 7) is 1.76. The molecule has 0 atom stereocenters. The van der Waals surface area contributed by atoms with Crippen LogP contribution in [0.1, 0.15) is 11.1 Å². The smallest absolute Gasteiger partial charge is 0.208 e. The van der Waals surface area contributed by atoms with Crippen molar-refractivity contribution >= 4 is 97.1 Å². The molecule has 0 N–H and O–H groups in total. The molecule has 0 amide bonds. The predicted molar refractivity (Wildman–Crippen MR) is 285 cm³/mol. The minimum absolute atomic E-state index is 0.00761. The third-order valence-electron chi connectivity index (χ3n) is 14.3. The number of sulfone groups is 1. The molecule has 14 rings (SSSR count). The average Bonchev–Trinajstić information content (AvgIpc) is 4.14. The minimum atomic E-state index is -4.30. The van der Waals surface area contributed by atoms with Gasteiger partial charge in [-0.15, -0.1) is 0 Å². The van der Waals surface area contributed by atoms with Gasteiger partial charge in [0.25, 0.3) is 0 Å². The standard InChI is InChI=1S/C62H39N5O2S/c1-39-17-16-18-40(38-63)62(39)70(68,69)45-36-43(64-54-29-14-10-25-50(54)58-56(64)33-31-48-46-23-8-12-27-52(46)66(60(48)58)41-19-4-2-5-20-41)35-44(37-45)65-55-30-15-11-26-51(55)59-57(65)34-32-49-47-24-9-13-28-53(47)67(61(49)59)42-21-6-3-7-22-42/h2-37H,1H3. The van der Waals surface area contributed by atoms with Gasteiger partial charge >= 0.3 is 0 Å². The van der Waals surface area contributed by atoms with E-state index in [4.69, 9.17) is 0 Å². The summed E-state index contributed by atoms with van der Waals surface area (Å²) >= 11 is 0. The molecule has 0 saturated heterocycles. The van der Waals surface area contributed by atoms with Crippen LogP contribution < -0.4 is 0 Å². The quantitative estimate of drug-likeness (QED) is 0.167. The number of hydrogen-bond donors (Lipinski definition) is 0. The van der Waals surface area contributed by atoms with Crippen molar-refractivity contribution in [1.29, 1.82) is 5.26 Å². The van der Waals surface area contributed by atoms with Gasteiger partial charge in [0.15, 0.2) is 0 Å². The third-order valence-corrected chi connectivity index (χ3v) is 16.2. The van der Waals surface area contributed by atoms with E-state index >= 15 is 8.42 Å². The first kappa shape index (κ1) is 40.0. The number of hydrogen-bond acceptors (Lipinski definition) is 3. The Labute approximate surface area is 402 Å². The zero-order valence-electron chi connectivity index (χ0n) is 37.7. The van der Waals surface area contributed by atoms with E-state index < -0.39 is 9.84 Å².